The van der Waals surface area contributed by atoms with E-state index in [1.807, 2.05) is 0 Å². The van der Waals surface area contributed by atoms with Crippen molar-refractivity contribution in [2.45, 2.75) is 32.7 Å². The molecule has 0 aromatic heterocycles. The molecule has 0 aliphatic heterocycles. The van der Waals surface area contributed by atoms with Crippen LogP contribution in [-0.4, -0.2) is 33.0 Å². The van der Waals surface area contributed by atoms with Crippen LogP contribution in [0.25, 0.3) is 0 Å². The summed E-state index contributed by atoms with van der Waals surface area (Å²) in [6.45, 7) is 6.29. The van der Waals surface area contributed by atoms with Gasteiger partial charge in [-0.25, -0.2) is 0 Å². The summed E-state index contributed by atoms with van der Waals surface area (Å²) in [6, 6.07) is 0.242. The highest BCUT2D eigenvalue weighted by Crippen LogP contribution is 2.10. The van der Waals surface area contributed by atoms with Gasteiger partial charge in [0.2, 0.25) is 0 Å². The predicted molar refractivity (Wildman–Crippen MR) is 57.9 cm³/mol. The molecule has 3 N–H and O–H groups in total. The quantitative estimate of drug-likeness (QED) is 0.333. The van der Waals surface area contributed by atoms with Gasteiger partial charge >= 0.3 is 0 Å². The smallest absolute Gasteiger partial charge is 0.0701 e. The molecule has 0 radical (unpaired) electrons. The van der Waals surface area contributed by atoms with Crippen LogP contribution in [0.4, 0.5) is 0 Å². The molecule has 4 nitrogen and oxygen atoms in total. The van der Waals surface area contributed by atoms with E-state index in [1.165, 1.54) is 12.8 Å². The summed E-state index contributed by atoms with van der Waals surface area (Å²) in [4.78, 5) is 0. The Labute approximate surface area is 87.1 Å². The molecule has 0 saturated carbocycles. The Morgan fingerprint density at radius 2 is 2.07 bits per heavy atom. The third kappa shape index (κ3) is 6.32. The topological polar surface area (TPSA) is 56.5 Å². The Balaban J connectivity index is 3.56. The highest BCUT2D eigenvalue weighted by atomic mass is 16.5. The van der Waals surface area contributed by atoms with Gasteiger partial charge in [0.25, 0.3) is 0 Å². The van der Waals surface area contributed by atoms with E-state index < -0.39 is 0 Å². The fraction of sp³-hybridized carbons (Fsp3) is 1.00. The number of hydrazine groups is 1. The zero-order valence-corrected chi connectivity index (χ0v) is 9.58. The van der Waals surface area contributed by atoms with E-state index >= 15 is 0 Å². The van der Waals surface area contributed by atoms with Crippen LogP contribution >= 0.6 is 0 Å². The molecule has 0 aromatic carbocycles. The summed E-state index contributed by atoms with van der Waals surface area (Å²) in [7, 11) is 1.67. The largest absolute Gasteiger partial charge is 0.382 e. The highest BCUT2D eigenvalue weighted by molar-refractivity contribution is 4.69. The summed E-state index contributed by atoms with van der Waals surface area (Å²) in [6.07, 6.45) is 2.35. The Kier molecular flexibility index (Phi) is 9.29. The normalized spacial score (nSPS) is 15.4. The van der Waals surface area contributed by atoms with Crippen LogP contribution in [0.15, 0.2) is 0 Å². The molecule has 0 bridgehead atoms. The number of methoxy groups -OCH3 is 1. The van der Waals surface area contributed by atoms with Crippen molar-refractivity contribution in [1.29, 1.82) is 0 Å². The zero-order chi connectivity index (χ0) is 10.8. The van der Waals surface area contributed by atoms with Crippen LogP contribution in [0.1, 0.15) is 26.7 Å². The minimum absolute atomic E-state index is 0.242. The second-order valence-corrected chi connectivity index (χ2v) is 3.61. The molecular weight excluding hydrogens is 180 g/mol. The number of ether oxygens (including phenoxy) is 2. The first-order chi connectivity index (χ1) is 6.76. The molecule has 0 aromatic rings. The van der Waals surface area contributed by atoms with Gasteiger partial charge in [-0.3, -0.25) is 11.3 Å². The van der Waals surface area contributed by atoms with Crippen LogP contribution in [-0.2, 0) is 9.47 Å². The monoisotopic (exact) mass is 204 g/mol. The maximum Gasteiger partial charge on any atom is 0.0701 e. The summed E-state index contributed by atoms with van der Waals surface area (Å²) in [5, 5.41) is 0. The lowest BCUT2D eigenvalue weighted by Gasteiger charge is -2.22. The lowest BCUT2D eigenvalue weighted by atomic mass is 9.98. The van der Waals surface area contributed by atoms with E-state index in [-0.39, 0.29) is 6.04 Å². The lowest BCUT2D eigenvalue weighted by molar-refractivity contribution is 0.0496. The van der Waals surface area contributed by atoms with Crippen LogP contribution in [0.5, 0.6) is 0 Å². The number of nitrogens with two attached hydrogens (primary N) is 1. The first-order valence-corrected chi connectivity index (χ1v) is 5.29. The maximum atomic E-state index is 5.46. The summed E-state index contributed by atoms with van der Waals surface area (Å²) < 4.78 is 10.3. The molecule has 86 valence electrons. The van der Waals surface area contributed by atoms with Crippen LogP contribution < -0.4 is 11.3 Å². The first kappa shape index (κ1) is 13.8. The molecule has 0 rings (SSSR count). The second-order valence-electron chi connectivity index (χ2n) is 3.61. The molecular formula is C10H24N2O2. The first-order valence-electron chi connectivity index (χ1n) is 5.29. The van der Waals surface area contributed by atoms with Gasteiger partial charge in [0.15, 0.2) is 0 Å². The fourth-order valence-corrected chi connectivity index (χ4v) is 1.39. The van der Waals surface area contributed by atoms with Gasteiger partial charge in [0.05, 0.1) is 19.8 Å². The average Bonchev–Trinajstić information content (AvgIpc) is 2.18. The van der Waals surface area contributed by atoms with Crippen molar-refractivity contribution in [2.24, 2.45) is 11.8 Å². The molecule has 0 spiro atoms. The van der Waals surface area contributed by atoms with E-state index in [0.717, 1.165) is 0 Å². The molecule has 0 fully saturated rings. The standard InChI is InChI=1S/C10H24N2O2/c1-4-5-9(2)10(12-11)8-14-7-6-13-3/h9-10,12H,4-8,11H2,1-3H3. The lowest BCUT2D eigenvalue weighted by Crippen LogP contribution is -2.43. The summed E-state index contributed by atoms with van der Waals surface area (Å²) in [5.41, 5.74) is 2.80. The average molecular weight is 204 g/mol. The van der Waals surface area contributed by atoms with Crippen molar-refractivity contribution in [3.05, 3.63) is 0 Å². The van der Waals surface area contributed by atoms with Crippen molar-refractivity contribution in [3.63, 3.8) is 0 Å². The van der Waals surface area contributed by atoms with Gasteiger partial charge in [-0.2, -0.15) is 0 Å². The molecule has 0 heterocycles. The molecule has 14 heavy (non-hydrogen) atoms. The molecule has 2 unspecified atom stereocenters. The minimum atomic E-state index is 0.242. The van der Waals surface area contributed by atoms with Gasteiger partial charge in [0.1, 0.15) is 0 Å². The Morgan fingerprint density at radius 3 is 2.57 bits per heavy atom. The molecule has 2 atom stereocenters. The third-order valence-corrected chi connectivity index (χ3v) is 2.37. The number of nitrogens with one attached hydrogen (secondary N) is 1. The molecule has 0 aliphatic rings. The van der Waals surface area contributed by atoms with E-state index in [1.54, 1.807) is 7.11 Å². The SMILES string of the molecule is CCCC(C)C(COCCOC)NN. The third-order valence-electron chi connectivity index (χ3n) is 2.37. The highest BCUT2D eigenvalue weighted by Gasteiger charge is 2.14. The van der Waals surface area contributed by atoms with Crippen molar-refractivity contribution < 1.29 is 9.47 Å². The van der Waals surface area contributed by atoms with Gasteiger partial charge in [-0.1, -0.05) is 20.3 Å². The molecule has 0 saturated heterocycles. The van der Waals surface area contributed by atoms with Crippen molar-refractivity contribution in [2.75, 3.05) is 26.9 Å². The zero-order valence-electron chi connectivity index (χ0n) is 9.58. The number of hydrogen-bond acceptors (Lipinski definition) is 4. The predicted octanol–water partition coefficient (Wildman–Crippen LogP) is 0.918. The Morgan fingerprint density at radius 1 is 1.36 bits per heavy atom. The van der Waals surface area contributed by atoms with Crippen molar-refractivity contribution in [3.8, 4) is 0 Å². The fourth-order valence-electron chi connectivity index (χ4n) is 1.39. The van der Waals surface area contributed by atoms with E-state index in [4.69, 9.17) is 15.3 Å². The minimum Gasteiger partial charge on any atom is -0.382 e. The van der Waals surface area contributed by atoms with Gasteiger partial charge < -0.3 is 9.47 Å². The van der Waals surface area contributed by atoms with Gasteiger partial charge in [-0.05, 0) is 12.3 Å². The number of rotatable bonds is 9. The molecule has 0 amide bonds. The van der Waals surface area contributed by atoms with Crippen LogP contribution in [0.3, 0.4) is 0 Å². The number of hydrogen-bond donors (Lipinski definition) is 2. The molecule has 0 aliphatic carbocycles. The second kappa shape index (κ2) is 9.40. The van der Waals surface area contributed by atoms with Crippen LogP contribution in [0, 0.1) is 5.92 Å². The Bertz CT molecular complexity index is 123. The Hall–Kier alpha value is -0.160. The van der Waals surface area contributed by atoms with E-state index in [0.29, 0.717) is 25.7 Å². The summed E-state index contributed by atoms with van der Waals surface area (Å²) >= 11 is 0. The van der Waals surface area contributed by atoms with Crippen molar-refractivity contribution >= 4 is 0 Å². The maximum absolute atomic E-state index is 5.46. The van der Waals surface area contributed by atoms with E-state index in [9.17, 15) is 0 Å². The van der Waals surface area contributed by atoms with Crippen LogP contribution in [0.2, 0.25) is 0 Å². The summed E-state index contributed by atoms with van der Waals surface area (Å²) in [5.74, 6) is 6.01. The van der Waals surface area contributed by atoms with Gasteiger partial charge in [0, 0.05) is 13.2 Å². The van der Waals surface area contributed by atoms with Gasteiger partial charge in [-0.15, -0.1) is 0 Å². The van der Waals surface area contributed by atoms with E-state index in [2.05, 4.69) is 19.3 Å². The molecule has 4 heteroatoms. The van der Waals surface area contributed by atoms with Crippen molar-refractivity contribution in [1.82, 2.24) is 5.43 Å².